The standard InChI is InChI=1S/C18H30N4.HI/c1-19-18(20-13-12-16-8-4-3-5-9-16)21-14-15-22(2)17-10-6-7-11-17;/h3-5,8-9,17H,6-7,10-15H2,1-2H3,(H2,19,20,21);1H. The Morgan fingerprint density at radius 1 is 1.13 bits per heavy atom. The van der Waals surface area contributed by atoms with E-state index in [4.69, 9.17) is 0 Å². The van der Waals surface area contributed by atoms with Gasteiger partial charge in [-0.3, -0.25) is 4.99 Å². The third-order valence-electron chi connectivity index (χ3n) is 4.48. The predicted octanol–water partition coefficient (Wildman–Crippen LogP) is 2.89. The van der Waals surface area contributed by atoms with Crippen LogP contribution in [0.25, 0.3) is 0 Å². The Balaban J connectivity index is 0.00000264. The molecule has 5 heteroatoms. The average molecular weight is 430 g/mol. The van der Waals surface area contributed by atoms with Crippen molar-refractivity contribution in [1.29, 1.82) is 0 Å². The van der Waals surface area contributed by atoms with Crippen molar-refractivity contribution < 1.29 is 0 Å². The van der Waals surface area contributed by atoms with E-state index in [0.717, 1.165) is 38.1 Å². The summed E-state index contributed by atoms with van der Waals surface area (Å²) in [6.45, 7) is 2.92. The zero-order chi connectivity index (χ0) is 15.6. The zero-order valence-electron chi connectivity index (χ0n) is 14.4. The minimum Gasteiger partial charge on any atom is -0.356 e. The zero-order valence-corrected chi connectivity index (χ0v) is 16.8. The van der Waals surface area contributed by atoms with Crippen molar-refractivity contribution in [2.45, 2.75) is 38.1 Å². The number of guanidine groups is 1. The molecule has 2 N–H and O–H groups in total. The van der Waals surface area contributed by atoms with E-state index < -0.39 is 0 Å². The normalized spacial score (nSPS) is 15.5. The predicted molar refractivity (Wildman–Crippen MR) is 110 cm³/mol. The van der Waals surface area contributed by atoms with Crippen LogP contribution >= 0.6 is 24.0 Å². The monoisotopic (exact) mass is 430 g/mol. The van der Waals surface area contributed by atoms with Gasteiger partial charge in [-0.2, -0.15) is 0 Å². The summed E-state index contributed by atoms with van der Waals surface area (Å²) in [6.07, 6.45) is 6.53. The fraction of sp³-hybridized carbons (Fsp3) is 0.611. The molecule has 1 aromatic carbocycles. The molecule has 1 aromatic rings. The third-order valence-corrected chi connectivity index (χ3v) is 4.48. The summed E-state index contributed by atoms with van der Waals surface area (Å²) in [7, 11) is 4.07. The molecule has 2 rings (SSSR count). The van der Waals surface area contributed by atoms with Crippen LogP contribution < -0.4 is 10.6 Å². The molecule has 0 spiro atoms. The lowest BCUT2D eigenvalue weighted by atomic mass is 10.1. The molecular weight excluding hydrogens is 399 g/mol. The maximum Gasteiger partial charge on any atom is 0.191 e. The second kappa shape index (κ2) is 11.7. The highest BCUT2D eigenvalue weighted by atomic mass is 127. The minimum absolute atomic E-state index is 0. The number of aliphatic imine (C=N–C) groups is 1. The molecule has 0 aromatic heterocycles. The summed E-state index contributed by atoms with van der Waals surface area (Å²) in [5.41, 5.74) is 1.35. The number of benzene rings is 1. The Bertz CT molecular complexity index is 444. The van der Waals surface area contributed by atoms with Crippen molar-refractivity contribution in [2.24, 2.45) is 4.99 Å². The summed E-state index contributed by atoms with van der Waals surface area (Å²) < 4.78 is 0. The van der Waals surface area contributed by atoms with Gasteiger partial charge in [0.15, 0.2) is 5.96 Å². The number of hydrogen-bond donors (Lipinski definition) is 2. The Morgan fingerprint density at radius 2 is 1.78 bits per heavy atom. The van der Waals surface area contributed by atoms with E-state index in [1.54, 1.807) is 0 Å². The highest BCUT2D eigenvalue weighted by Crippen LogP contribution is 2.21. The molecule has 0 atom stereocenters. The Kier molecular flexibility index (Phi) is 10.3. The van der Waals surface area contributed by atoms with E-state index in [2.05, 4.69) is 57.9 Å². The van der Waals surface area contributed by atoms with Crippen molar-refractivity contribution in [1.82, 2.24) is 15.5 Å². The minimum atomic E-state index is 0. The van der Waals surface area contributed by atoms with Crippen molar-refractivity contribution >= 4 is 29.9 Å². The average Bonchev–Trinajstić information content (AvgIpc) is 3.09. The van der Waals surface area contributed by atoms with Crippen LogP contribution in [0.5, 0.6) is 0 Å². The molecule has 23 heavy (non-hydrogen) atoms. The summed E-state index contributed by atoms with van der Waals surface area (Å²) in [6, 6.07) is 11.3. The van der Waals surface area contributed by atoms with Gasteiger partial charge in [-0.15, -0.1) is 24.0 Å². The van der Waals surface area contributed by atoms with Gasteiger partial charge in [0.1, 0.15) is 0 Å². The van der Waals surface area contributed by atoms with Crippen molar-refractivity contribution in [2.75, 3.05) is 33.7 Å². The van der Waals surface area contributed by atoms with E-state index in [1.165, 1.54) is 31.2 Å². The molecule has 0 saturated heterocycles. The smallest absolute Gasteiger partial charge is 0.191 e. The van der Waals surface area contributed by atoms with Crippen LogP contribution in [-0.4, -0.2) is 50.6 Å². The van der Waals surface area contributed by atoms with Crippen LogP contribution in [0.2, 0.25) is 0 Å². The van der Waals surface area contributed by atoms with Gasteiger partial charge in [-0.05, 0) is 31.9 Å². The highest BCUT2D eigenvalue weighted by molar-refractivity contribution is 14.0. The number of nitrogens with one attached hydrogen (secondary N) is 2. The van der Waals surface area contributed by atoms with Crippen LogP contribution in [0.4, 0.5) is 0 Å². The Hall–Kier alpha value is -0.820. The van der Waals surface area contributed by atoms with E-state index in [1.807, 2.05) is 7.05 Å². The first-order chi connectivity index (χ1) is 10.8. The molecule has 0 heterocycles. The van der Waals surface area contributed by atoms with E-state index >= 15 is 0 Å². The van der Waals surface area contributed by atoms with Crippen LogP contribution in [0.15, 0.2) is 35.3 Å². The SMILES string of the molecule is CN=C(NCCc1ccccc1)NCCN(C)C1CCCC1.I. The third kappa shape index (κ3) is 7.52. The maximum atomic E-state index is 4.29. The largest absolute Gasteiger partial charge is 0.356 e. The number of halogens is 1. The van der Waals surface area contributed by atoms with Crippen LogP contribution in [0, 0.1) is 0 Å². The first-order valence-electron chi connectivity index (χ1n) is 8.48. The molecule has 130 valence electrons. The summed E-state index contributed by atoms with van der Waals surface area (Å²) in [5.74, 6) is 0.899. The molecule has 1 aliphatic rings. The topological polar surface area (TPSA) is 39.7 Å². The van der Waals surface area contributed by atoms with E-state index in [0.29, 0.717) is 0 Å². The van der Waals surface area contributed by atoms with Gasteiger partial charge >= 0.3 is 0 Å². The number of likely N-dealkylation sites (N-methyl/N-ethyl adjacent to an activating group) is 1. The van der Waals surface area contributed by atoms with Crippen molar-refractivity contribution in [3.05, 3.63) is 35.9 Å². The first kappa shape index (κ1) is 20.2. The van der Waals surface area contributed by atoms with Gasteiger partial charge in [-0.1, -0.05) is 43.2 Å². The fourth-order valence-electron chi connectivity index (χ4n) is 3.07. The van der Waals surface area contributed by atoms with Crippen LogP contribution in [0.3, 0.4) is 0 Å². The van der Waals surface area contributed by atoms with Crippen molar-refractivity contribution in [3.63, 3.8) is 0 Å². The van der Waals surface area contributed by atoms with Crippen LogP contribution in [-0.2, 0) is 6.42 Å². The quantitative estimate of drug-likeness (QED) is 0.397. The lowest BCUT2D eigenvalue weighted by Gasteiger charge is -2.24. The first-order valence-corrected chi connectivity index (χ1v) is 8.48. The van der Waals surface area contributed by atoms with Gasteiger partial charge in [0.2, 0.25) is 0 Å². The van der Waals surface area contributed by atoms with Crippen LogP contribution in [0.1, 0.15) is 31.2 Å². The molecule has 0 aliphatic heterocycles. The van der Waals surface area contributed by atoms with E-state index in [9.17, 15) is 0 Å². The molecule has 1 saturated carbocycles. The molecule has 0 bridgehead atoms. The van der Waals surface area contributed by atoms with Crippen molar-refractivity contribution in [3.8, 4) is 0 Å². The summed E-state index contributed by atoms with van der Waals surface area (Å²) in [4.78, 5) is 6.77. The summed E-state index contributed by atoms with van der Waals surface area (Å²) in [5, 5.41) is 6.79. The molecule has 1 aliphatic carbocycles. The molecule has 0 amide bonds. The Labute approximate surface area is 158 Å². The lowest BCUT2D eigenvalue weighted by Crippen LogP contribution is -2.43. The van der Waals surface area contributed by atoms with E-state index in [-0.39, 0.29) is 24.0 Å². The van der Waals surface area contributed by atoms with Gasteiger partial charge in [-0.25, -0.2) is 0 Å². The number of nitrogens with zero attached hydrogens (tertiary/aromatic N) is 2. The van der Waals surface area contributed by atoms with Gasteiger partial charge in [0.05, 0.1) is 0 Å². The second-order valence-electron chi connectivity index (χ2n) is 6.08. The second-order valence-corrected chi connectivity index (χ2v) is 6.08. The maximum absolute atomic E-state index is 4.29. The van der Waals surface area contributed by atoms with Gasteiger partial charge < -0.3 is 15.5 Å². The lowest BCUT2D eigenvalue weighted by molar-refractivity contribution is 0.249. The highest BCUT2D eigenvalue weighted by Gasteiger charge is 2.18. The molecule has 4 nitrogen and oxygen atoms in total. The molecular formula is C18H31IN4. The molecule has 0 radical (unpaired) electrons. The molecule has 0 unspecified atom stereocenters. The Morgan fingerprint density at radius 3 is 2.43 bits per heavy atom. The van der Waals surface area contributed by atoms with Gasteiger partial charge in [0, 0.05) is 32.7 Å². The summed E-state index contributed by atoms with van der Waals surface area (Å²) >= 11 is 0. The number of rotatable bonds is 7. The number of hydrogen-bond acceptors (Lipinski definition) is 2. The fourth-order valence-corrected chi connectivity index (χ4v) is 3.07. The molecule has 1 fully saturated rings. The van der Waals surface area contributed by atoms with Gasteiger partial charge in [0.25, 0.3) is 0 Å².